The second-order valence-electron chi connectivity index (χ2n) is 9.44. The van der Waals surface area contributed by atoms with Crippen LogP contribution in [0, 0.1) is 19.7 Å². The van der Waals surface area contributed by atoms with E-state index in [-0.39, 0.29) is 33.5 Å². The normalized spacial score (nSPS) is 12.1. The Labute approximate surface area is 236 Å². The van der Waals surface area contributed by atoms with Crippen LogP contribution in [0.1, 0.15) is 52.2 Å². The summed E-state index contributed by atoms with van der Waals surface area (Å²) in [5.74, 6) is -2.48. The second-order valence-corrected chi connectivity index (χ2v) is 11.1. The van der Waals surface area contributed by atoms with Crippen LogP contribution in [0.25, 0.3) is 5.69 Å². The van der Waals surface area contributed by atoms with Crippen molar-refractivity contribution in [2.24, 2.45) is 0 Å². The molecule has 214 valence electrons. The lowest BCUT2D eigenvalue weighted by atomic mass is 10.1. The average Bonchev–Trinajstić information content (AvgIpc) is 3.25. The molecular formula is C29H29FN4O6S. The van der Waals surface area contributed by atoms with Gasteiger partial charge in [0.15, 0.2) is 5.69 Å². The number of halogens is 1. The lowest BCUT2D eigenvalue weighted by molar-refractivity contribution is 0.0689. The molecule has 0 fully saturated rings. The predicted molar refractivity (Wildman–Crippen MR) is 151 cm³/mol. The number of rotatable bonds is 10. The summed E-state index contributed by atoms with van der Waals surface area (Å²) in [6.45, 7) is 6.78. The van der Waals surface area contributed by atoms with Crippen molar-refractivity contribution in [1.82, 2.24) is 14.5 Å². The fourth-order valence-electron chi connectivity index (χ4n) is 3.98. The van der Waals surface area contributed by atoms with Crippen LogP contribution < -0.4 is 14.8 Å². The third kappa shape index (κ3) is 6.44. The minimum Gasteiger partial charge on any atom is -0.476 e. The van der Waals surface area contributed by atoms with Crippen LogP contribution >= 0.6 is 0 Å². The van der Waals surface area contributed by atoms with Crippen molar-refractivity contribution in [1.29, 1.82) is 0 Å². The number of carboxylic acids is 1. The Morgan fingerprint density at radius 2 is 1.76 bits per heavy atom. The molecule has 1 amide bonds. The van der Waals surface area contributed by atoms with E-state index < -0.39 is 33.8 Å². The Kier molecular flexibility index (Phi) is 8.55. The van der Waals surface area contributed by atoms with Gasteiger partial charge in [0.2, 0.25) is 15.9 Å². The largest absolute Gasteiger partial charge is 0.476 e. The molecule has 0 saturated carbocycles. The van der Waals surface area contributed by atoms with Crippen LogP contribution in [0.4, 0.5) is 10.1 Å². The van der Waals surface area contributed by atoms with Gasteiger partial charge in [-0.3, -0.25) is 4.79 Å². The van der Waals surface area contributed by atoms with Crippen LogP contribution in [-0.2, 0) is 10.0 Å². The summed E-state index contributed by atoms with van der Waals surface area (Å²) in [5, 5.41) is 16.5. The van der Waals surface area contributed by atoms with Crippen molar-refractivity contribution in [3.63, 3.8) is 0 Å². The van der Waals surface area contributed by atoms with E-state index >= 15 is 0 Å². The highest BCUT2D eigenvalue weighted by atomic mass is 32.2. The number of benzene rings is 3. The van der Waals surface area contributed by atoms with Crippen LogP contribution in [0.2, 0.25) is 0 Å². The molecule has 0 radical (unpaired) electrons. The van der Waals surface area contributed by atoms with Gasteiger partial charge < -0.3 is 15.2 Å². The highest BCUT2D eigenvalue weighted by Gasteiger charge is 2.27. The number of aromatic carboxylic acids is 1. The molecule has 1 aromatic heterocycles. The number of carboxylic acid groups (broad SMARTS) is 1. The zero-order valence-corrected chi connectivity index (χ0v) is 23.6. The average molecular weight is 581 g/mol. The molecule has 1 heterocycles. The Morgan fingerprint density at radius 3 is 2.39 bits per heavy atom. The third-order valence-corrected chi connectivity index (χ3v) is 8.01. The molecule has 4 aromatic rings. The number of anilines is 1. The highest BCUT2D eigenvalue weighted by Crippen LogP contribution is 2.35. The number of carbonyl (C=O) groups is 2. The first-order chi connectivity index (χ1) is 19.4. The topological polar surface area (TPSA) is 140 Å². The van der Waals surface area contributed by atoms with E-state index in [0.29, 0.717) is 17.7 Å². The number of sulfonamides is 1. The Bertz CT molecular complexity index is 1720. The zero-order chi connectivity index (χ0) is 29.9. The summed E-state index contributed by atoms with van der Waals surface area (Å²) >= 11 is 0. The number of aromatic nitrogens is 2. The summed E-state index contributed by atoms with van der Waals surface area (Å²) in [7, 11) is -4.18. The highest BCUT2D eigenvalue weighted by molar-refractivity contribution is 7.89. The van der Waals surface area contributed by atoms with Crippen LogP contribution in [0.5, 0.6) is 11.6 Å². The van der Waals surface area contributed by atoms with Crippen LogP contribution in [0.3, 0.4) is 0 Å². The molecule has 10 nitrogen and oxygen atoms in total. The first kappa shape index (κ1) is 29.4. The van der Waals surface area contributed by atoms with Gasteiger partial charge in [0.1, 0.15) is 16.5 Å². The van der Waals surface area contributed by atoms with E-state index in [1.165, 1.54) is 49.4 Å². The molecular weight excluding hydrogens is 551 g/mol. The van der Waals surface area contributed by atoms with E-state index in [1.54, 1.807) is 38.1 Å². The summed E-state index contributed by atoms with van der Waals surface area (Å²) < 4.78 is 50.4. The van der Waals surface area contributed by atoms with E-state index in [4.69, 9.17) is 4.74 Å². The molecule has 1 atom stereocenters. The number of nitrogens with zero attached hydrogens (tertiary/aromatic N) is 2. The van der Waals surface area contributed by atoms with Crippen LogP contribution in [-0.4, -0.2) is 41.2 Å². The molecule has 41 heavy (non-hydrogen) atoms. The molecule has 0 spiro atoms. The first-order valence-electron chi connectivity index (χ1n) is 12.7. The Balaban J connectivity index is 1.82. The molecule has 3 aromatic carbocycles. The van der Waals surface area contributed by atoms with Gasteiger partial charge in [0.25, 0.3) is 5.91 Å². The number of hydrogen-bond donors (Lipinski definition) is 3. The van der Waals surface area contributed by atoms with Gasteiger partial charge in [-0.2, -0.15) is 9.78 Å². The SMILES string of the molecule is CC[C@H](C)NS(=O)(=O)c1cc(NC(=O)c2ccccc2C)ccc1Oc1c(C)c(C(=O)O)nn1-c1ccc(F)cc1. The fraction of sp³-hybridized carbons (Fsp3) is 0.207. The molecule has 0 aliphatic carbocycles. The second kappa shape index (κ2) is 11.9. The Hall–Kier alpha value is -4.55. The maximum atomic E-state index is 13.6. The maximum absolute atomic E-state index is 13.6. The van der Waals surface area contributed by atoms with E-state index in [1.807, 2.05) is 6.92 Å². The van der Waals surface area contributed by atoms with Crippen molar-refractivity contribution in [3.05, 3.63) is 94.9 Å². The number of hydrogen-bond acceptors (Lipinski definition) is 6. The van der Waals surface area contributed by atoms with E-state index in [9.17, 15) is 27.5 Å². The molecule has 0 aliphatic rings. The third-order valence-electron chi connectivity index (χ3n) is 6.40. The zero-order valence-electron chi connectivity index (χ0n) is 22.8. The van der Waals surface area contributed by atoms with Crippen molar-refractivity contribution >= 4 is 27.6 Å². The number of nitrogens with one attached hydrogen (secondary N) is 2. The quantitative estimate of drug-likeness (QED) is 0.227. The molecule has 4 rings (SSSR count). The van der Waals surface area contributed by atoms with Crippen molar-refractivity contribution in [3.8, 4) is 17.3 Å². The number of aryl methyl sites for hydroxylation is 1. The van der Waals surface area contributed by atoms with Crippen molar-refractivity contribution < 1.29 is 32.2 Å². The summed E-state index contributed by atoms with van der Waals surface area (Å²) in [5.41, 5.74) is 1.46. The lowest BCUT2D eigenvalue weighted by Crippen LogP contribution is -2.32. The molecule has 0 unspecified atom stereocenters. The molecule has 0 saturated heterocycles. The molecule has 0 bridgehead atoms. The lowest BCUT2D eigenvalue weighted by Gasteiger charge is -2.18. The predicted octanol–water partition coefficient (Wildman–Crippen LogP) is 5.45. The first-order valence-corrected chi connectivity index (χ1v) is 14.2. The summed E-state index contributed by atoms with van der Waals surface area (Å²) in [6, 6.07) is 15.8. The van der Waals surface area contributed by atoms with E-state index in [2.05, 4.69) is 15.1 Å². The van der Waals surface area contributed by atoms with Gasteiger partial charge >= 0.3 is 5.97 Å². The molecule has 3 N–H and O–H groups in total. The minimum atomic E-state index is -4.18. The smallest absolute Gasteiger partial charge is 0.356 e. The van der Waals surface area contributed by atoms with Gasteiger partial charge in [0, 0.05) is 22.9 Å². The minimum absolute atomic E-state index is 0.0781. The fourth-order valence-corrected chi connectivity index (χ4v) is 5.46. The molecule has 0 aliphatic heterocycles. The summed E-state index contributed by atoms with van der Waals surface area (Å²) in [6.07, 6.45) is 0.511. The van der Waals surface area contributed by atoms with E-state index in [0.717, 1.165) is 10.2 Å². The van der Waals surface area contributed by atoms with Gasteiger partial charge in [-0.05, 0) is 81.3 Å². The van der Waals surface area contributed by atoms with Crippen LogP contribution in [0.15, 0.2) is 71.6 Å². The number of ether oxygens (including phenoxy) is 1. The monoisotopic (exact) mass is 580 g/mol. The van der Waals surface area contributed by atoms with Gasteiger partial charge in [-0.25, -0.2) is 22.3 Å². The van der Waals surface area contributed by atoms with Gasteiger partial charge in [-0.1, -0.05) is 25.1 Å². The van der Waals surface area contributed by atoms with Gasteiger partial charge in [-0.15, -0.1) is 0 Å². The number of carbonyl (C=O) groups excluding carboxylic acids is 1. The van der Waals surface area contributed by atoms with Crippen molar-refractivity contribution in [2.45, 2.75) is 45.1 Å². The van der Waals surface area contributed by atoms with Crippen molar-refractivity contribution in [2.75, 3.05) is 5.32 Å². The Morgan fingerprint density at radius 1 is 1.07 bits per heavy atom. The molecule has 12 heteroatoms. The van der Waals surface area contributed by atoms with Gasteiger partial charge in [0.05, 0.1) is 5.69 Å². The number of amides is 1. The summed E-state index contributed by atoms with van der Waals surface area (Å²) in [4.78, 5) is 24.5. The maximum Gasteiger partial charge on any atom is 0.356 e. The standard InChI is InChI=1S/C29H29FN4O6S/c1-5-18(3)33-41(38,39)25-16-21(31-27(35)23-9-7-6-8-17(23)2)12-15-24(25)40-28-19(4)26(29(36)37)32-34(28)22-13-10-20(30)11-14-22/h6-16,18,33H,5H2,1-4H3,(H,31,35)(H,36,37)/t18-/m0/s1.